The van der Waals surface area contributed by atoms with Crippen LogP contribution in [-0.4, -0.2) is 53.2 Å². The third-order valence-electron chi connectivity index (χ3n) is 3.67. The first-order valence-electron chi connectivity index (χ1n) is 7.13. The van der Waals surface area contributed by atoms with Gasteiger partial charge in [0.2, 0.25) is 0 Å². The predicted molar refractivity (Wildman–Crippen MR) is 73.5 cm³/mol. The van der Waals surface area contributed by atoms with Crippen molar-refractivity contribution in [3.05, 3.63) is 0 Å². The molecule has 7 heteroatoms. The molecule has 2 rings (SSSR count). The maximum absolute atomic E-state index is 12.6. The van der Waals surface area contributed by atoms with Gasteiger partial charge >= 0.3 is 12.0 Å². The molecule has 7 nitrogen and oxygen atoms in total. The molecule has 0 aromatic carbocycles. The number of rotatable bonds is 2. The number of hydrogen-bond donors (Lipinski definition) is 1. The van der Waals surface area contributed by atoms with E-state index in [2.05, 4.69) is 5.32 Å². The summed E-state index contributed by atoms with van der Waals surface area (Å²) in [6.07, 6.45) is 0.851. The smallest absolute Gasteiger partial charge is 0.329 e. The van der Waals surface area contributed by atoms with Crippen molar-refractivity contribution in [1.29, 1.82) is 0 Å². The molecule has 1 spiro atoms. The molecule has 0 aromatic heterocycles. The highest BCUT2D eigenvalue weighted by molar-refractivity contribution is 6.09. The summed E-state index contributed by atoms with van der Waals surface area (Å²) in [7, 11) is 0. The van der Waals surface area contributed by atoms with E-state index in [1.54, 1.807) is 20.8 Å². The topological polar surface area (TPSA) is 84.9 Å². The Morgan fingerprint density at radius 3 is 2.43 bits per heavy atom. The summed E-state index contributed by atoms with van der Waals surface area (Å²) in [6, 6.07) is -1.49. The van der Waals surface area contributed by atoms with Crippen molar-refractivity contribution in [2.45, 2.75) is 57.7 Å². The van der Waals surface area contributed by atoms with E-state index in [1.165, 1.54) is 6.92 Å². The van der Waals surface area contributed by atoms with E-state index < -0.39 is 29.2 Å². The van der Waals surface area contributed by atoms with E-state index in [-0.39, 0.29) is 5.91 Å². The van der Waals surface area contributed by atoms with Gasteiger partial charge in [-0.1, -0.05) is 0 Å². The Morgan fingerprint density at radius 2 is 1.90 bits per heavy atom. The number of hydrogen-bond acceptors (Lipinski definition) is 5. The summed E-state index contributed by atoms with van der Waals surface area (Å²) in [5, 5.41) is 2.72. The Labute approximate surface area is 123 Å². The van der Waals surface area contributed by atoms with E-state index in [1.807, 2.05) is 0 Å². The van der Waals surface area contributed by atoms with Crippen LogP contribution in [0.3, 0.4) is 0 Å². The van der Waals surface area contributed by atoms with E-state index in [0.717, 1.165) is 4.90 Å². The number of carbonyl (C=O) groups is 3. The summed E-state index contributed by atoms with van der Waals surface area (Å²) < 4.78 is 10.5. The average Bonchev–Trinajstić information content (AvgIpc) is 2.59. The molecular formula is C14H22N2O5. The first-order chi connectivity index (χ1) is 9.66. The van der Waals surface area contributed by atoms with Gasteiger partial charge in [-0.2, -0.15) is 0 Å². The van der Waals surface area contributed by atoms with Crippen molar-refractivity contribution in [2.75, 3.05) is 13.2 Å². The second-order valence-electron chi connectivity index (χ2n) is 6.51. The molecule has 1 unspecified atom stereocenters. The molecule has 118 valence electrons. The Balaban J connectivity index is 2.14. The summed E-state index contributed by atoms with van der Waals surface area (Å²) in [6.45, 7) is 7.56. The molecule has 1 N–H and O–H groups in total. The molecule has 2 fully saturated rings. The molecule has 2 aliphatic heterocycles. The molecule has 2 saturated heterocycles. The summed E-state index contributed by atoms with van der Waals surface area (Å²) in [4.78, 5) is 37.8. The van der Waals surface area contributed by atoms with Crippen molar-refractivity contribution in [3.8, 4) is 0 Å². The monoisotopic (exact) mass is 298 g/mol. The minimum atomic E-state index is -0.945. The van der Waals surface area contributed by atoms with Gasteiger partial charge in [-0.25, -0.2) is 14.5 Å². The second-order valence-corrected chi connectivity index (χ2v) is 6.51. The van der Waals surface area contributed by atoms with E-state index in [0.29, 0.717) is 26.1 Å². The zero-order valence-electron chi connectivity index (χ0n) is 12.9. The van der Waals surface area contributed by atoms with Crippen molar-refractivity contribution in [3.63, 3.8) is 0 Å². The number of nitrogens with one attached hydrogen (secondary N) is 1. The fourth-order valence-electron chi connectivity index (χ4n) is 2.54. The summed E-state index contributed by atoms with van der Waals surface area (Å²) in [5.74, 6) is -0.954. The standard InChI is InChI=1S/C14H22N2O5/c1-9(10(17)21-13(2,3)4)16-11(18)14(15-12(16)19)5-7-20-8-6-14/h9H,5-8H2,1-4H3,(H,15,19). The minimum Gasteiger partial charge on any atom is -0.458 e. The zero-order chi connectivity index (χ0) is 15.8. The number of carbonyl (C=O) groups excluding carboxylic acids is 3. The van der Waals surface area contributed by atoms with Crippen LogP contribution in [0.4, 0.5) is 4.79 Å². The van der Waals surface area contributed by atoms with Crippen LogP contribution in [-0.2, 0) is 19.1 Å². The second kappa shape index (κ2) is 5.29. The van der Waals surface area contributed by atoms with Crippen LogP contribution in [0.25, 0.3) is 0 Å². The van der Waals surface area contributed by atoms with Gasteiger partial charge in [-0.3, -0.25) is 4.79 Å². The number of ether oxygens (including phenoxy) is 2. The molecule has 2 heterocycles. The summed E-state index contributed by atoms with van der Waals surface area (Å²) >= 11 is 0. The van der Waals surface area contributed by atoms with E-state index in [9.17, 15) is 14.4 Å². The highest BCUT2D eigenvalue weighted by atomic mass is 16.6. The van der Waals surface area contributed by atoms with Gasteiger partial charge in [0.1, 0.15) is 17.2 Å². The first kappa shape index (κ1) is 15.8. The van der Waals surface area contributed by atoms with Gasteiger partial charge in [-0.15, -0.1) is 0 Å². The zero-order valence-corrected chi connectivity index (χ0v) is 12.9. The number of amides is 3. The van der Waals surface area contributed by atoms with Crippen LogP contribution in [0.15, 0.2) is 0 Å². The lowest BCUT2D eigenvalue weighted by atomic mass is 9.90. The van der Waals surface area contributed by atoms with Gasteiger partial charge in [-0.05, 0) is 27.7 Å². The Kier molecular flexibility index (Phi) is 3.97. The van der Waals surface area contributed by atoms with Gasteiger partial charge in [0.05, 0.1) is 0 Å². The van der Waals surface area contributed by atoms with E-state index in [4.69, 9.17) is 9.47 Å². The predicted octanol–water partition coefficient (Wildman–Crippen LogP) is 0.818. The van der Waals surface area contributed by atoms with Crippen LogP contribution in [0, 0.1) is 0 Å². The minimum absolute atomic E-state index is 0.367. The number of urea groups is 1. The molecule has 3 amide bonds. The van der Waals surface area contributed by atoms with Crippen LogP contribution >= 0.6 is 0 Å². The maximum atomic E-state index is 12.6. The fraction of sp³-hybridized carbons (Fsp3) is 0.786. The quantitative estimate of drug-likeness (QED) is 0.602. The fourth-order valence-corrected chi connectivity index (χ4v) is 2.54. The largest absolute Gasteiger partial charge is 0.458 e. The molecule has 0 saturated carbocycles. The lowest BCUT2D eigenvalue weighted by Gasteiger charge is -2.31. The van der Waals surface area contributed by atoms with Crippen molar-refractivity contribution < 1.29 is 23.9 Å². The Morgan fingerprint density at radius 1 is 1.33 bits per heavy atom. The Bertz CT molecular complexity index is 462. The highest BCUT2D eigenvalue weighted by Crippen LogP contribution is 2.30. The third kappa shape index (κ3) is 3.02. The molecule has 0 aromatic rings. The average molecular weight is 298 g/mol. The molecule has 0 radical (unpaired) electrons. The molecule has 0 aliphatic carbocycles. The molecule has 2 aliphatic rings. The molecule has 1 atom stereocenters. The molecule has 21 heavy (non-hydrogen) atoms. The molecule has 0 bridgehead atoms. The number of nitrogens with zero attached hydrogens (tertiary/aromatic N) is 1. The van der Waals surface area contributed by atoms with Crippen molar-refractivity contribution in [2.24, 2.45) is 0 Å². The first-order valence-corrected chi connectivity index (χ1v) is 7.13. The SMILES string of the molecule is CC(C(=O)OC(C)(C)C)N1C(=O)NC2(CCOCC2)C1=O. The third-order valence-corrected chi connectivity index (χ3v) is 3.67. The van der Waals surface area contributed by atoms with Gasteiger partial charge in [0, 0.05) is 26.1 Å². The van der Waals surface area contributed by atoms with Crippen molar-refractivity contribution in [1.82, 2.24) is 10.2 Å². The van der Waals surface area contributed by atoms with Gasteiger partial charge < -0.3 is 14.8 Å². The van der Waals surface area contributed by atoms with Crippen LogP contribution in [0.5, 0.6) is 0 Å². The van der Waals surface area contributed by atoms with Gasteiger partial charge in [0.25, 0.3) is 5.91 Å². The molecular weight excluding hydrogens is 276 g/mol. The normalized spacial score (nSPS) is 23.1. The van der Waals surface area contributed by atoms with E-state index >= 15 is 0 Å². The van der Waals surface area contributed by atoms with Crippen molar-refractivity contribution >= 4 is 17.9 Å². The summed E-state index contributed by atoms with van der Waals surface area (Å²) in [5.41, 5.74) is -1.59. The lowest BCUT2D eigenvalue weighted by molar-refractivity contribution is -0.162. The maximum Gasteiger partial charge on any atom is 0.329 e. The lowest BCUT2D eigenvalue weighted by Crippen LogP contribution is -2.52. The van der Waals surface area contributed by atoms with Gasteiger partial charge in [0.15, 0.2) is 0 Å². The van der Waals surface area contributed by atoms with Crippen LogP contribution < -0.4 is 5.32 Å². The van der Waals surface area contributed by atoms with Crippen LogP contribution in [0.1, 0.15) is 40.5 Å². The number of imide groups is 1. The number of esters is 1. The Hall–Kier alpha value is -1.63. The highest BCUT2D eigenvalue weighted by Gasteiger charge is 2.54. The van der Waals surface area contributed by atoms with Crippen LogP contribution in [0.2, 0.25) is 0 Å².